The van der Waals surface area contributed by atoms with Crippen molar-refractivity contribution in [1.82, 2.24) is 0 Å². The Morgan fingerprint density at radius 3 is 2.50 bits per heavy atom. The lowest BCUT2D eigenvalue weighted by molar-refractivity contribution is 1.56. The fourth-order valence-electron chi connectivity index (χ4n) is 1.62. The van der Waals surface area contributed by atoms with Gasteiger partial charge in [-0.3, -0.25) is 0 Å². The van der Waals surface area contributed by atoms with E-state index in [1.807, 2.05) is 29.5 Å². The molecule has 0 atom stereocenters. The van der Waals surface area contributed by atoms with Gasteiger partial charge in [-0.2, -0.15) is 0 Å². The fourth-order valence-corrected chi connectivity index (χ4v) is 2.57. The third-order valence-corrected chi connectivity index (χ3v) is 3.20. The Kier molecular flexibility index (Phi) is 2.30. The third-order valence-electron chi connectivity index (χ3n) is 2.24. The molecule has 0 aliphatic rings. The minimum absolute atomic E-state index is 0.825. The molecule has 2 rings (SSSR count). The van der Waals surface area contributed by atoms with Gasteiger partial charge in [0.15, 0.2) is 0 Å². The van der Waals surface area contributed by atoms with Crippen molar-refractivity contribution in [3.8, 4) is 11.1 Å². The summed E-state index contributed by atoms with van der Waals surface area (Å²) in [5, 5.41) is 0. The highest BCUT2D eigenvalue weighted by Gasteiger charge is 2.04. The van der Waals surface area contributed by atoms with Crippen LogP contribution in [-0.4, -0.2) is 0 Å². The molecule has 0 saturated carbocycles. The lowest BCUT2D eigenvalue weighted by Gasteiger charge is -2.00. The minimum Gasteiger partial charge on any atom is -0.399 e. The summed E-state index contributed by atoms with van der Waals surface area (Å²) in [4.78, 5) is 2.70. The van der Waals surface area contributed by atoms with E-state index < -0.39 is 0 Å². The smallest absolute Gasteiger partial charge is 0.0320 e. The zero-order valence-corrected chi connectivity index (χ0v) is 9.19. The van der Waals surface area contributed by atoms with Crippen molar-refractivity contribution in [3.05, 3.63) is 40.1 Å². The first kappa shape index (κ1) is 9.28. The summed E-state index contributed by atoms with van der Waals surface area (Å²) in [5.74, 6) is 0. The van der Waals surface area contributed by atoms with Crippen molar-refractivity contribution in [1.29, 1.82) is 0 Å². The largest absolute Gasteiger partial charge is 0.399 e. The Labute approximate surface area is 88.2 Å². The van der Waals surface area contributed by atoms with Gasteiger partial charge in [-0.15, -0.1) is 11.3 Å². The van der Waals surface area contributed by atoms with E-state index >= 15 is 0 Å². The average Bonchev–Trinajstić information content (AvgIpc) is 2.45. The van der Waals surface area contributed by atoms with Crippen LogP contribution in [0.25, 0.3) is 11.1 Å². The van der Waals surface area contributed by atoms with Gasteiger partial charge < -0.3 is 5.73 Å². The maximum absolute atomic E-state index is 5.76. The van der Waals surface area contributed by atoms with Gasteiger partial charge in [0.1, 0.15) is 0 Å². The Balaban J connectivity index is 2.54. The van der Waals surface area contributed by atoms with Crippen LogP contribution < -0.4 is 5.73 Å². The van der Waals surface area contributed by atoms with Crippen LogP contribution in [-0.2, 0) is 0 Å². The van der Waals surface area contributed by atoms with Gasteiger partial charge in [-0.25, -0.2) is 0 Å². The average molecular weight is 203 g/mol. The molecule has 72 valence electrons. The molecular formula is C12H13NS. The Bertz CT molecular complexity index is 457. The van der Waals surface area contributed by atoms with E-state index in [9.17, 15) is 0 Å². The fraction of sp³-hybridized carbons (Fsp3) is 0.167. The van der Waals surface area contributed by atoms with Crippen LogP contribution in [0.4, 0.5) is 5.69 Å². The molecule has 2 N–H and O–H groups in total. The van der Waals surface area contributed by atoms with Gasteiger partial charge in [0.2, 0.25) is 0 Å². The number of nitrogens with two attached hydrogens (primary N) is 1. The van der Waals surface area contributed by atoms with Gasteiger partial charge >= 0.3 is 0 Å². The SMILES string of the molecule is Cc1cc(-c2cccc(N)c2)c(C)s1. The second-order valence-electron chi connectivity index (χ2n) is 3.45. The van der Waals surface area contributed by atoms with Gasteiger partial charge in [0, 0.05) is 15.4 Å². The Hall–Kier alpha value is -1.28. The number of nitrogen functional groups attached to an aromatic ring is 1. The van der Waals surface area contributed by atoms with Crippen molar-refractivity contribution < 1.29 is 0 Å². The molecule has 0 amide bonds. The van der Waals surface area contributed by atoms with Crippen LogP contribution in [0.1, 0.15) is 9.75 Å². The Morgan fingerprint density at radius 2 is 1.93 bits per heavy atom. The number of benzene rings is 1. The zero-order valence-electron chi connectivity index (χ0n) is 8.37. The summed E-state index contributed by atoms with van der Waals surface area (Å²) in [5.41, 5.74) is 9.10. The van der Waals surface area contributed by atoms with Gasteiger partial charge in [-0.1, -0.05) is 12.1 Å². The van der Waals surface area contributed by atoms with E-state index in [1.54, 1.807) is 0 Å². The van der Waals surface area contributed by atoms with Gasteiger partial charge in [-0.05, 0) is 43.2 Å². The maximum Gasteiger partial charge on any atom is 0.0320 e. The number of aryl methyl sites for hydroxylation is 2. The molecule has 0 aliphatic heterocycles. The van der Waals surface area contributed by atoms with Crippen molar-refractivity contribution >= 4 is 17.0 Å². The van der Waals surface area contributed by atoms with Crippen LogP contribution in [0.15, 0.2) is 30.3 Å². The third kappa shape index (κ3) is 1.66. The number of thiophene rings is 1. The van der Waals surface area contributed by atoms with E-state index in [2.05, 4.69) is 26.0 Å². The molecule has 0 fully saturated rings. The van der Waals surface area contributed by atoms with Crippen molar-refractivity contribution in [2.45, 2.75) is 13.8 Å². The van der Waals surface area contributed by atoms with Crippen molar-refractivity contribution in [3.63, 3.8) is 0 Å². The van der Waals surface area contributed by atoms with E-state index in [0.717, 1.165) is 5.69 Å². The quantitative estimate of drug-likeness (QED) is 0.704. The first-order valence-electron chi connectivity index (χ1n) is 4.60. The predicted octanol–water partition coefficient (Wildman–Crippen LogP) is 3.61. The van der Waals surface area contributed by atoms with Crippen LogP contribution in [0.2, 0.25) is 0 Å². The van der Waals surface area contributed by atoms with E-state index in [0.29, 0.717) is 0 Å². The monoisotopic (exact) mass is 203 g/mol. The summed E-state index contributed by atoms with van der Waals surface area (Å²) < 4.78 is 0. The van der Waals surface area contributed by atoms with Crippen molar-refractivity contribution in [2.24, 2.45) is 0 Å². The first-order chi connectivity index (χ1) is 6.66. The maximum atomic E-state index is 5.76. The summed E-state index contributed by atoms with van der Waals surface area (Å²) in [6, 6.07) is 10.3. The second-order valence-corrected chi connectivity index (χ2v) is 4.91. The minimum atomic E-state index is 0.825. The number of rotatable bonds is 1. The van der Waals surface area contributed by atoms with E-state index in [4.69, 9.17) is 5.73 Å². The van der Waals surface area contributed by atoms with Crippen molar-refractivity contribution in [2.75, 3.05) is 5.73 Å². The number of anilines is 1. The molecule has 0 unspecified atom stereocenters. The molecular weight excluding hydrogens is 190 g/mol. The molecule has 0 radical (unpaired) electrons. The summed E-state index contributed by atoms with van der Waals surface area (Å²) >= 11 is 1.83. The molecule has 0 saturated heterocycles. The highest BCUT2D eigenvalue weighted by molar-refractivity contribution is 7.12. The molecule has 2 aromatic rings. The molecule has 1 heterocycles. The normalized spacial score (nSPS) is 10.4. The summed E-state index contributed by atoms with van der Waals surface area (Å²) in [7, 11) is 0. The van der Waals surface area contributed by atoms with Crippen LogP contribution in [0.5, 0.6) is 0 Å². The predicted molar refractivity (Wildman–Crippen MR) is 63.6 cm³/mol. The molecule has 0 aliphatic carbocycles. The van der Waals surface area contributed by atoms with Crippen LogP contribution in [0, 0.1) is 13.8 Å². The summed E-state index contributed by atoms with van der Waals surface area (Å²) in [6.45, 7) is 4.28. The summed E-state index contributed by atoms with van der Waals surface area (Å²) in [6.07, 6.45) is 0. The molecule has 2 heteroatoms. The first-order valence-corrected chi connectivity index (χ1v) is 5.41. The highest BCUT2D eigenvalue weighted by Crippen LogP contribution is 2.31. The topological polar surface area (TPSA) is 26.0 Å². The van der Waals surface area contributed by atoms with Gasteiger partial charge in [0.05, 0.1) is 0 Å². The van der Waals surface area contributed by atoms with Crippen LogP contribution in [0.3, 0.4) is 0 Å². The second kappa shape index (κ2) is 3.46. The highest BCUT2D eigenvalue weighted by atomic mass is 32.1. The molecule has 14 heavy (non-hydrogen) atoms. The Morgan fingerprint density at radius 1 is 1.14 bits per heavy atom. The molecule has 1 nitrogen and oxygen atoms in total. The van der Waals surface area contributed by atoms with E-state index in [-0.39, 0.29) is 0 Å². The van der Waals surface area contributed by atoms with E-state index in [1.165, 1.54) is 20.9 Å². The van der Waals surface area contributed by atoms with Crippen LogP contribution >= 0.6 is 11.3 Å². The molecule has 1 aromatic carbocycles. The number of hydrogen-bond donors (Lipinski definition) is 1. The molecule has 1 aromatic heterocycles. The lowest BCUT2D eigenvalue weighted by atomic mass is 10.1. The number of hydrogen-bond acceptors (Lipinski definition) is 2. The zero-order chi connectivity index (χ0) is 10.1. The standard InChI is InChI=1S/C12H13NS/c1-8-6-12(9(2)14-8)10-4-3-5-11(13)7-10/h3-7H,13H2,1-2H3. The lowest BCUT2D eigenvalue weighted by Crippen LogP contribution is -1.84. The molecule has 0 spiro atoms. The molecule has 0 bridgehead atoms. The van der Waals surface area contributed by atoms with Gasteiger partial charge in [0.25, 0.3) is 0 Å².